The Bertz CT molecular complexity index is 403. The predicted octanol–water partition coefficient (Wildman–Crippen LogP) is 0.574. The molecule has 62 valence electrons. The van der Waals surface area contributed by atoms with Crippen molar-refractivity contribution in [2.24, 2.45) is 11.7 Å². The number of hydrogen-bond acceptors (Lipinski definition) is 1. The van der Waals surface area contributed by atoms with E-state index in [1.54, 1.807) is 0 Å². The molecule has 0 radical (unpaired) electrons. The van der Waals surface area contributed by atoms with Crippen LogP contribution in [0.2, 0.25) is 0 Å². The largest absolute Gasteiger partial charge is 0.401 e. The van der Waals surface area contributed by atoms with E-state index in [0.29, 0.717) is 5.92 Å². The van der Waals surface area contributed by atoms with Crippen molar-refractivity contribution in [1.29, 1.82) is 0 Å². The lowest BCUT2D eigenvalue weighted by molar-refractivity contribution is 0.760. The van der Waals surface area contributed by atoms with Crippen molar-refractivity contribution in [3.63, 3.8) is 0 Å². The second kappa shape index (κ2) is 2.67. The number of fused-ring (bicyclic) bond motifs is 1. The second-order valence-electron chi connectivity index (χ2n) is 3.38. The molecule has 0 amide bonds. The van der Waals surface area contributed by atoms with Crippen molar-refractivity contribution in [3.05, 3.63) is 34.7 Å². The first-order valence-electron chi connectivity index (χ1n) is 4.34. The zero-order valence-corrected chi connectivity index (χ0v) is 7.25. The summed E-state index contributed by atoms with van der Waals surface area (Å²) >= 11 is 0. The maximum atomic E-state index is 5.99. The molecular weight excluding hydrogens is 146 g/mol. The molecule has 1 nitrogen and oxygen atoms in total. The lowest BCUT2D eigenvalue weighted by Crippen LogP contribution is -2.34. The Hall–Kier alpha value is -1.24. The van der Waals surface area contributed by atoms with Crippen LogP contribution in [0.25, 0.3) is 11.8 Å². The van der Waals surface area contributed by atoms with Crippen LogP contribution in [-0.2, 0) is 0 Å². The third-order valence-corrected chi connectivity index (χ3v) is 2.49. The minimum atomic E-state index is 0.500. The van der Waals surface area contributed by atoms with Gasteiger partial charge in [-0.1, -0.05) is 37.3 Å². The molecule has 0 heterocycles. The molecule has 2 rings (SSSR count). The van der Waals surface area contributed by atoms with Crippen LogP contribution in [0.5, 0.6) is 0 Å². The summed E-state index contributed by atoms with van der Waals surface area (Å²) in [5.41, 5.74) is 7.02. The standard InChI is InChI=1S/C11H13N/c1-8-6-7-9-4-2-3-5-10(9)11(8)12/h2-5,7-8H,6,12H2,1H3. The van der Waals surface area contributed by atoms with Gasteiger partial charge in [-0.25, -0.2) is 0 Å². The highest BCUT2D eigenvalue weighted by Crippen LogP contribution is 2.11. The molecule has 0 spiro atoms. The molecule has 0 aliphatic heterocycles. The Morgan fingerprint density at radius 2 is 2.08 bits per heavy atom. The van der Waals surface area contributed by atoms with E-state index in [2.05, 4.69) is 31.2 Å². The molecule has 1 aliphatic rings. The zero-order valence-electron chi connectivity index (χ0n) is 7.25. The van der Waals surface area contributed by atoms with Gasteiger partial charge in [-0.3, -0.25) is 0 Å². The van der Waals surface area contributed by atoms with Crippen molar-refractivity contribution >= 4 is 11.8 Å². The molecule has 12 heavy (non-hydrogen) atoms. The lowest BCUT2D eigenvalue weighted by Gasteiger charge is -2.13. The van der Waals surface area contributed by atoms with Gasteiger partial charge >= 0.3 is 0 Å². The Balaban J connectivity index is 2.83. The van der Waals surface area contributed by atoms with E-state index in [4.69, 9.17) is 5.73 Å². The highest BCUT2D eigenvalue weighted by molar-refractivity contribution is 5.50. The van der Waals surface area contributed by atoms with Crippen LogP contribution >= 0.6 is 0 Å². The maximum absolute atomic E-state index is 5.99. The third-order valence-electron chi connectivity index (χ3n) is 2.49. The van der Waals surface area contributed by atoms with Gasteiger partial charge in [0, 0.05) is 10.9 Å². The normalized spacial score (nSPS) is 21.4. The summed E-state index contributed by atoms with van der Waals surface area (Å²) in [4.78, 5) is 0. The third kappa shape index (κ3) is 1.02. The molecule has 1 atom stereocenters. The Labute approximate surface area is 72.2 Å². The van der Waals surface area contributed by atoms with Crippen LogP contribution in [0.1, 0.15) is 13.3 Å². The highest BCUT2D eigenvalue weighted by Gasteiger charge is 2.08. The fourth-order valence-electron chi connectivity index (χ4n) is 1.63. The van der Waals surface area contributed by atoms with Gasteiger partial charge in [0.1, 0.15) is 0 Å². The van der Waals surface area contributed by atoms with Gasteiger partial charge in [-0.15, -0.1) is 0 Å². The van der Waals surface area contributed by atoms with Crippen molar-refractivity contribution in [3.8, 4) is 0 Å². The van der Waals surface area contributed by atoms with Gasteiger partial charge in [0.15, 0.2) is 0 Å². The second-order valence-corrected chi connectivity index (χ2v) is 3.38. The van der Waals surface area contributed by atoms with Gasteiger partial charge in [0.05, 0.1) is 0 Å². The highest BCUT2D eigenvalue weighted by atomic mass is 14.6. The summed E-state index contributed by atoms with van der Waals surface area (Å²) in [6.45, 7) is 2.17. The van der Waals surface area contributed by atoms with E-state index in [0.717, 1.165) is 12.1 Å². The summed E-state index contributed by atoms with van der Waals surface area (Å²) in [5, 5.41) is 2.50. The zero-order chi connectivity index (χ0) is 8.55. The van der Waals surface area contributed by atoms with Crippen molar-refractivity contribution < 1.29 is 0 Å². The molecule has 2 N–H and O–H groups in total. The van der Waals surface area contributed by atoms with Crippen molar-refractivity contribution in [1.82, 2.24) is 0 Å². The van der Waals surface area contributed by atoms with Crippen molar-refractivity contribution in [2.75, 3.05) is 0 Å². The molecule has 0 saturated heterocycles. The first-order valence-corrected chi connectivity index (χ1v) is 4.34. The summed E-state index contributed by atoms with van der Waals surface area (Å²) in [5.74, 6) is 0.500. The lowest BCUT2D eigenvalue weighted by atomic mass is 9.96. The summed E-state index contributed by atoms with van der Waals surface area (Å²) in [6.07, 6.45) is 3.33. The molecule has 0 fully saturated rings. The van der Waals surface area contributed by atoms with Gasteiger partial charge in [0.2, 0.25) is 0 Å². The molecule has 0 aromatic heterocycles. The van der Waals surface area contributed by atoms with Crippen LogP contribution in [0.3, 0.4) is 0 Å². The number of benzene rings is 1. The molecule has 1 aromatic carbocycles. The van der Waals surface area contributed by atoms with E-state index in [-0.39, 0.29) is 0 Å². The van der Waals surface area contributed by atoms with E-state index < -0.39 is 0 Å². The Kier molecular flexibility index (Phi) is 1.65. The van der Waals surface area contributed by atoms with Crippen LogP contribution in [-0.4, -0.2) is 0 Å². The minimum absolute atomic E-state index is 0.500. The van der Waals surface area contributed by atoms with E-state index >= 15 is 0 Å². The quantitative estimate of drug-likeness (QED) is 0.588. The fourth-order valence-corrected chi connectivity index (χ4v) is 1.63. The molecular formula is C11H13N. The van der Waals surface area contributed by atoms with E-state index in [9.17, 15) is 0 Å². The minimum Gasteiger partial charge on any atom is -0.401 e. The summed E-state index contributed by atoms with van der Waals surface area (Å²) in [6, 6.07) is 8.31. The molecule has 0 saturated carbocycles. The molecule has 1 aromatic rings. The summed E-state index contributed by atoms with van der Waals surface area (Å²) in [7, 11) is 0. The summed E-state index contributed by atoms with van der Waals surface area (Å²) < 4.78 is 0. The molecule has 1 heteroatoms. The Morgan fingerprint density at radius 1 is 1.33 bits per heavy atom. The number of nitrogens with two attached hydrogens (primary N) is 1. The van der Waals surface area contributed by atoms with Crippen molar-refractivity contribution in [2.45, 2.75) is 13.3 Å². The SMILES string of the molecule is CC1CC=c2ccccc2=C1N. The van der Waals surface area contributed by atoms with Gasteiger partial charge < -0.3 is 5.73 Å². The van der Waals surface area contributed by atoms with E-state index in [1.807, 2.05) is 6.07 Å². The van der Waals surface area contributed by atoms with Crippen LogP contribution in [0, 0.1) is 5.92 Å². The first-order chi connectivity index (χ1) is 5.79. The molecule has 1 aliphatic carbocycles. The van der Waals surface area contributed by atoms with Crippen LogP contribution < -0.4 is 16.2 Å². The number of hydrogen-bond donors (Lipinski definition) is 1. The Morgan fingerprint density at radius 3 is 2.92 bits per heavy atom. The maximum Gasteiger partial charge on any atom is 0.0192 e. The molecule has 1 unspecified atom stereocenters. The first kappa shape index (κ1) is 7.41. The van der Waals surface area contributed by atoms with Gasteiger partial charge in [-0.05, 0) is 17.6 Å². The smallest absolute Gasteiger partial charge is 0.0192 e. The average Bonchev–Trinajstić information content (AvgIpc) is 2.12. The van der Waals surface area contributed by atoms with Crippen LogP contribution in [0.15, 0.2) is 24.3 Å². The van der Waals surface area contributed by atoms with Gasteiger partial charge in [-0.2, -0.15) is 0 Å². The molecule has 0 bridgehead atoms. The monoisotopic (exact) mass is 159 g/mol. The fraction of sp³-hybridized carbons (Fsp3) is 0.273. The predicted molar refractivity (Wildman–Crippen MR) is 51.5 cm³/mol. The average molecular weight is 159 g/mol. The number of rotatable bonds is 0. The van der Waals surface area contributed by atoms with E-state index in [1.165, 1.54) is 10.4 Å². The van der Waals surface area contributed by atoms with Gasteiger partial charge in [0.25, 0.3) is 0 Å². The topological polar surface area (TPSA) is 26.0 Å². The van der Waals surface area contributed by atoms with Crippen LogP contribution in [0.4, 0.5) is 0 Å².